The van der Waals surface area contributed by atoms with Crippen LogP contribution in [0.15, 0.2) is 42.5 Å². The van der Waals surface area contributed by atoms with Crippen molar-refractivity contribution in [3.63, 3.8) is 0 Å². The van der Waals surface area contributed by atoms with E-state index in [9.17, 15) is 9.59 Å². The van der Waals surface area contributed by atoms with Crippen LogP contribution in [0.4, 0.5) is 0 Å². The van der Waals surface area contributed by atoms with Crippen molar-refractivity contribution in [3.8, 4) is 5.75 Å². The van der Waals surface area contributed by atoms with Crippen LogP contribution in [0.25, 0.3) is 0 Å². The monoisotopic (exact) mass is 410 g/mol. The predicted molar refractivity (Wildman–Crippen MR) is 120 cm³/mol. The van der Waals surface area contributed by atoms with Gasteiger partial charge in [-0.15, -0.1) is 0 Å². The van der Waals surface area contributed by atoms with E-state index in [1.54, 1.807) is 11.8 Å². The third kappa shape index (κ3) is 6.34. The summed E-state index contributed by atoms with van der Waals surface area (Å²) >= 11 is 0. The SMILES string of the molecule is CCC(C)NC(=O)C(C)N(Cc1ccc(C)cc1)C(=O)COc1cccc(C)c1C. The van der Waals surface area contributed by atoms with Gasteiger partial charge < -0.3 is 15.0 Å². The molecule has 2 aromatic rings. The quantitative estimate of drug-likeness (QED) is 0.670. The number of amides is 2. The van der Waals surface area contributed by atoms with Gasteiger partial charge in [-0.1, -0.05) is 48.9 Å². The average molecular weight is 411 g/mol. The summed E-state index contributed by atoms with van der Waals surface area (Å²) in [5, 5.41) is 2.98. The summed E-state index contributed by atoms with van der Waals surface area (Å²) in [4.78, 5) is 27.4. The molecule has 0 bridgehead atoms. The summed E-state index contributed by atoms with van der Waals surface area (Å²) in [7, 11) is 0. The van der Waals surface area contributed by atoms with E-state index in [1.807, 2.05) is 77.1 Å². The third-order valence-corrected chi connectivity index (χ3v) is 5.55. The molecule has 0 aliphatic carbocycles. The van der Waals surface area contributed by atoms with Crippen LogP contribution < -0.4 is 10.1 Å². The van der Waals surface area contributed by atoms with Gasteiger partial charge in [0.2, 0.25) is 5.91 Å². The molecule has 0 heterocycles. The van der Waals surface area contributed by atoms with Gasteiger partial charge in [-0.2, -0.15) is 0 Å². The van der Waals surface area contributed by atoms with Gasteiger partial charge in [-0.25, -0.2) is 0 Å². The van der Waals surface area contributed by atoms with Gasteiger partial charge in [0.15, 0.2) is 6.61 Å². The molecule has 2 unspecified atom stereocenters. The lowest BCUT2D eigenvalue weighted by molar-refractivity contribution is -0.142. The predicted octanol–water partition coefficient (Wildman–Crippen LogP) is 4.32. The Hall–Kier alpha value is -2.82. The summed E-state index contributed by atoms with van der Waals surface area (Å²) in [6, 6.07) is 13.2. The van der Waals surface area contributed by atoms with Crippen molar-refractivity contribution in [3.05, 3.63) is 64.7 Å². The Morgan fingerprint density at radius 1 is 1.03 bits per heavy atom. The second-order valence-electron chi connectivity index (χ2n) is 7.99. The summed E-state index contributed by atoms with van der Waals surface area (Å²) in [5.74, 6) is 0.315. The lowest BCUT2D eigenvalue weighted by atomic mass is 10.1. The van der Waals surface area contributed by atoms with Crippen molar-refractivity contribution in [2.75, 3.05) is 6.61 Å². The molecule has 0 spiro atoms. The van der Waals surface area contributed by atoms with Crippen LogP contribution in [0.1, 0.15) is 49.4 Å². The number of aryl methyl sites for hydroxylation is 2. The second kappa shape index (κ2) is 10.8. The molecule has 0 aliphatic rings. The van der Waals surface area contributed by atoms with Gasteiger partial charge in [0, 0.05) is 12.6 Å². The highest BCUT2D eigenvalue weighted by molar-refractivity contribution is 5.88. The molecule has 1 N–H and O–H groups in total. The van der Waals surface area contributed by atoms with Crippen LogP contribution in [0.2, 0.25) is 0 Å². The third-order valence-electron chi connectivity index (χ3n) is 5.55. The second-order valence-corrected chi connectivity index (χ2v) is 7.99. The van der Waals surface area contributed by atoms with E-state index in [1.165, 1.54) is 0 Å². The Morgan fingerprint density at radius 2 is 1.70 bits per heavy atom. The molecule has 0 aliphatic heterocycles. The number of nitrogens with one attached hydrogen (secondary N) is 1. The van der Waals surface area contributed by atoms with E-state index >= 15 is 0 Å². The highest BCUT2D eigenvalue weighted by Gasteiger charge is 2.27. The minimum atomic E-state index is -0.602. The number of carbonyl (C=O) groups is 2. The molecule has 2 amide bonds. The number of ether oxygens (including phenoxy) is 1. The molecule has 0 saturated heterocycles. The van der Waals surface area contributed by atoms with Crippen molar-refractivity contribution < 1.29 is 14.3 Å². The van der Waals surface area contributed by atoms with Crippen molar-refractivity contribution in [1.29, 1.82) is 0 Å². The molecule has 0 radical (unpaired) electrons. The van der Waals surface area contributed by atoms with Crippen LogP contribution >= 0.6 is 0 Å². The number of hydrogen-bond acceptors (Lipinski definition) is 3. The standard InChI is InChI=1S/C25H34N2O3/c1-7-19(4)26-25(29)21(6)27(15-22-13-11-17(2)12-14-22)24(28)16-30-23-10-8-9-18(3)20(23)5/h8-14,19,21H,7,15-16H2,1-6H3,(H,26,29). The van der Waals surface area contributed by atoms with Crippen LogP contribution in [-0.2, 0) is 16.1 Å². The van der Waals surface area contributed by atoms with Crippen LogP contribution in [0.3, 0.4) is 0 Å². The molecule has 162 valence electrons. The maximum absolute atomic E-state index is 13.1. The zero-order valence-electron chi connectivity index (χ0n) is 19.0. The number of benzene rings is 2. The molecule has 2 rings (SSSR count). The average Bonchev–Trinajstić information content (AvgIpc) is 2.73. The zero-order valence-corrected chi connectivity index (χ0v) is 19.0. The molecule has 0 saturated carbocycles. The molecule has 0 aromatic heterocycles. The highest BCUT2D eigenvalue weighted by atomic mass is 16.5. The van der Waals surface area contributed by atoms with Gasteiger partial charge in [-0.3, -0.25) is 9.59 Å². The van der Waals surface area contributed by atoms with Crippen molar-refractivity contribution in [2.24, 2.45) is 0 Å². The minimum Gasteiger partial charge on any atom is -0.483 e. The largest absolute Gasteiger partial charge is 0.483 e. The first-order valence-corrected chi connectivity index (χ1v) is 10.6. The van der Waals surface area contributed by atoms with Crippen LogP contribution in [-0.4, -0.2) is 35.4 Å². The highest BCUT2D eigenvalue weighted by Crippen LogP contribution is 2.21. The number of nitrogens with zero attached hydrogens (tertiary/aromatic N) is 1. The van der Waals surface area contributed by atoms with Crippen LogP contribution in [0, 0.1) is 20.8 Å². The lowest BCUT2D eigenvalue weighted by Gasteiger charge is -2.29. The van der Waals surface area contributed by atoms with E-state index in [-0.39, 0.29) is 24.5 Å². The molecular weight excluding hydrogens is 376 g/mol. The Balaban J connectivity index is 2.17. The van der Waals surface area contributed by atoms with Crippen molar-refractivity contribution in [2.45, 2.75) is 66.6 Å². The molecule has 5 heteroatoms. The van der Waals surface area contributed by atoms with Gasteiger partial charge in [0.1, 0.15) is 11.8 Å². The van der Waals surface area contributed by atoms with Gasteiger partial charge in [0.25, 0.3) is 5.91 Å². The van der Waals surface area contributed by atoms with Crippen LogP contribution in [0.5, 0.6) is 5.75 Å². The van der Waals surface area contributed by atoms with Gasteiger partial charge in [0.05, 0.1) is 0 Å². The normalized spacial score (nSPS) is 12.7. The first-order valence-electron chi connectivity index (χ1n) is 10.6. The van der Waals surface area contributed by atoms with Crippen molar-refractivity contribution in [1.82, 2.24) is 10.2 Å². The maximum Gasteiger partial charge on any atom is 0.261 e. The number of rotatable bonds is 9. The van der Waals surface area contributed by atoms with E-state index < -0.39 is 6.04 Å². The molecular formula is C25H34N2O3. The molecule has 0 fully saturated rings. The first kappa shape index (κ1) is 23.5. The zero-order chi connectivity index (χ0) is 22.3. The fraction of sp³-hybridized carbons (Fsp3) is 0.440. The smallest absolute Gasteiger partial charge is 0.261 e. The van der Waals surface area contributed by atoms with E-state index in [2.05, 4.69) is 5.32 Å². The van der Waals surface area contributed by atoms with E-state index in [0.29, 0.717) is 12.3 Å². The molecule has 5 nitrogen and oxygen atoms in total. The topological polar surface area (TPSA) is 58.6 Å². The number of hydrogen-bond donors (Lipinski definition) is 1. The fourth-order valence-electron chi connectivity index (χ4n) is 3.04. The Bertz CT molecular complexity index is 861. The number of carbonyl (C=O) groups excluding carboxylic acids is 2. The summed E-state index contributed by atoms with van der Waals surface area (Å²) in [5.41, 5.74) is 4.25. The summed E-state index contributed by atoms with van der Waals surface area (Å²) < 4.78 is 5.83. The van der Waals surface area contributed by atoms with Gasteiger partial charge in [-0.05, 0) is 63.8 Å². The molecule has 2 aromatic carbocycles. The summed E-state index contributed by atoms with van der Waals surface area (Å²) in [6.07, 6.45) is 0.833. The first-order chi connectivity index (χ1) is 14.2. The molecule has 30 heavy (non-hydrogen) atoms. The van der Waals surface area contributed by atoms with Crippen molar-refractivity contribution >= 4 is 11.8 Å². The van der Waals surface area contributed by atoms with E-state index in [4.69, 9.17) is 4.74 Å². The maximum atomic E-state index is 13.1. The molecule has 2 atom stereocenters. The lowest BCUT2D eigenvalue weighted by Crippen LogP contribution is -2.50. The fourth-order valence-corrected chi connectivity index (χ4v) is 3.04. The Kier molecular flexibility index (Phi) is 8.46. The minimum absolute atomic E-state index is 0.0578. The Morgan fingerprint density at radius 3 is 2.33 bits per heavy atom. The Labute approximate surface area is 180 Å². The van der Waals surface area contributed by atoms with Gasteiger partial charge >= 0.3 is 0 Å². The summed E-state index contributed by atoms with van der Waals surface area (Å²) in [6.45, 7) is 12.0. The van der Waals surface area contributed by atoms with E-state index in [0.717, 1.165) is 28.7 Å².